The van der Waals surface area contributed by atoms with E-state index in [9.17, 15) is 4.79 Å². The number of aliphatic imine (C=N–C) groups is 1. The molecule has 0 aromatic carbocycles. The first-order valence-electron chi connectivity index (χ1n) is 11.3. The number of piperazine rings is 1. The third kappa shape index (κ3) is 8.88. The minimum Gasteiger partial charge on any atom is -0.385 e. The zero-order chi connectivity index (χ0) is 20.9. The molecule has 1 saturated carbocycles. The molecule has 29 heavy (non-hydrogen) atoms. The molecule has 1 amide bonds. The van der Waals surface area contributed by atoms with Crippen LogP contribution in [-0.4, -0.2) is 113 Å². The Morgan fingerprint density at radius 1 is 1.10 bits per heavy atom. The molecular formula is C21H42N6O2. The zero-order valence-corrected chi connectivity index (χ0v) is 18.8. The first kappa shape index (κ1) is 23.9. The smallest absolute Gasteiger partial charge is 0.225 e. The van der Waals surface area contributed by atoms with Crippen molar-refractivity contribution in [3.63, 3.8) is 0 Å². The lowest BCUT2D eigenvalue weighted by molar-refractivity contribution is -0.137. The van der Waals surface area contributed by atoms with Crippen molar-refractivity contribution in [3.05, 3.63) is 0 Å². The van der Waals surface area contributed by atoms with Crippen LogP contribution in [0.2, 0.25) is 0 Å². The van der Waals surface area contributed by atoms with E-state index in [1.54, 1.807) is 7.11 Å². The summed E-state index contributed by atoms with van der Waals surface area (Å²) in [5, 5.41) is 6.78. The molecule has 168 valence electrons. The van der Waals surface area contributed by atoms with Gasteiger partial charge in [-0.05, 0) is 26.3 Å². The predicted octanol–water partition coefficient (Wildman–Crippen LogP) is 0.454. The Hall–Kier alpha value is -1.38. The number of rotatable bonds is 11. The van der Waals surface area contributed by atoms with Crippen LogP contribution in [0, 0.1) is 5.92 Å². The molecule has 2 N–H and O–H groups in total. The fourth-order valence-corrected chi connectivity index (χ4v) is 4.13. The van der Waals surface area contributed by atoms with Gasteiger partial charge in [0.1, 0.15) is 0 Å². The summed E-state index contributed by atoms with van der Waals surface area (Å²) in [4.78, 5) is 23.7. The summed E-state index contributed by atoms with van der Waals surface area (Å²) in [5.74, 6) is 1.55. The van der Waals surface area contributed by atoms with Crippen molar-refractivity contribution in [2.75, 3.05) is 86.7 Å². The van der Waals surface area contributed by atoms with E-state index in [2.05, 4.69) is 37.4 Å². The van der Waals surface area contributed by atoms with Crippen molar-refractivity contribution >= 4 is 11.9 Å². The SMILES string of the molecule is CN=C(NCCN(C)CCCOC)NCCN1CCN(C(=O)C2CCCC2)CC1. The average molecular weight is 411 g/mol. The molecule has 8 heteroatoms. The summed E-state index contributed by atoms with van der Waals surface area (Å²) < 4.78 is 5.09. The van der Waals surface area contributed by atoms with Crippen LogP contribution in [-0.2, 0) is 9.53 Å². The summed E-state index contributed by atoms with van der Waals surface area (Å²) in [6, 6.07) is 0. The van der Waals surface area contributed by atoms with Crippen LogP contribution >= 0.6 is 0 Å². The Morgan fingerprint density at radius 2 is 1.79 bits per heavy atom. The molecule has 8 nitrogen and oxygen atoms in total. The average Bonchev–Trinajstić information content (AvgIpc) is 3.27. The third-order valence-corrected chi connectivity index (χ3v) is 6.01. The molecule has 0 unspecified atom stereocenters. The number of ether oxygens (including phenoxy) is 1. The first-order valence-corrected chi connectivity index (χ1v) is 11.3. The maximum Gasteiger partial charge on any atom is 0.225 e. The molecule has 1 saturated heterocycles. The molecule has 0 bridgehead atoms. The molecule has 2 rings (SSSR count). The topological polar surface area (TPSA) is 72.4 Å². The van der Waals surface area contributed by atoms with Gasteiger partial charge in [0, 0.05) is 85.6 Å². The van der Waals surface area contributed by atoms with E-state index >= 15 is 0 Å². The molecular weight excluding hydrogens is 368 g/mol. The fourth-order valence-electron chi connectivity index (χ4n) is 4.13. The fraction of sp³-hybridized carbons (Fsp3) is 0.905. The number of guanidine groups is 1. The summed E-state index contributed by atoms with van der Waals surface area (Å²) in [7, 11) is 5.68. The number of nitrogens with one attached hydrogen (secondary N) is 2. The Balaban J connectivity index is 1.54. The largest absolute Gasteiger partial charge is 0.385 e. The second-order valence-corrected chi connectivity index (χ2v) is 8.22. The van der Waals surface area contributed by atoms with Gasteiger partial charge in [0.2, 0.25) is 5.91 Å². The van der Waals surface area contributed by atoms with Crippen molar-refractivity contribution in [2.24, 2.45) is 10.9 Å². The van der Waals surface area contributed by atoms with Crippen molar-refractivity contribution in [1.82, 2.24) is 25.3 Å². The lowest BCUT2D eigenvalue weighted by atomic mass is 10.1. The van der Waals surface area contributed by atoms with Gasteiger partial charge in [0.25, 0.3) is 0 Å². The highest BCUT2D eigenvalue weighted by Crippen LogP contribution is 2.26. The van der Waals surface area contributed by atoms with E-state index < -0.39 is 0 Å². The summed E-state index contributed by atoms with van der Waals surface area (Å²) in [6.45, 7) is 9.21. The van der Waals surface area contributed by atoms with Crippen molar-refractivity contribution in [3.8, 4) is 0 Å². The van der Waals surface area contributed by atoms with E-state index in [0.717, 1.165) is 90.7 Å². The van der Waals surface area contributed by atoms with E-state index in [0.29, 0.717) is 11.8 Å². The van der Waals surface area contributed by atoms with Gasteiger partial charge < -0.3 is 25.2 Å². The van der Waals surface area contributed by atoms with Gasteiger partial charge in [-0.2, -0.15) is 0 Å². The number of hydrogen-bond acceptors (Lipinski definition) is 5. The van der Waals surface area contributed by atoms with Crippen molar-refractivity contribution in [2.45, 2.75) is 32.1 Å². The maximum atomic E-state index is 12.5. The van der Waals surface area contributed by atoms with Crippen LogP contribution in [0.5, 0.6) is 0 Å². The third-order valence-electron chi connectivity index (χ3n) is 6.01. The van der Waals surface area contributed by atoms with Crippen molar-refractivity contribution in [1.29, 1.82) is 0 Å². The van der Waals surface area contributed by atoms with Crippen LogP contribution < -0.4 is 10.6 Å². The highest BCUT2D eigenvalue weighted by molar-refractivity contribution is 5.79. The van der Waals surface area contributed by atoms with Gasteiger partial charge in [0.05, 0.1) is 0 Å². The normalized spacial score (nSPS) is 19.2. The summed E-state index contributed by atoms with van der Waals surface area (Å²) >= 11 is 0. The minimum atomic E-state index is 0.302. The number of likely N-dealkylation sites (N-methyl/N-ethyl adjacent to an activating group) is 1. The van der Waals surface area contributed by atoms with Gasteiger partial charge >= 0.3 is 0 Å². The van der Waals surface area contributed by atoms with Crippen molar-refractivity contribution < 1.29 is 9.53 Å². The Labute approximate surface area is 177 Å². The monoisotopic (exact) mass is 410 g/mol. The number of carbonyl (C=O) groups excluding carboxylic acids is 1. The molecule has 0 atom stereocenters. The molecule has 0 aromatic rings. The van der Waals surface area contributed by atoms with E-state index in [-0.39, 0.29) is 0 Å². The second-order valence-electron chi connectivity index (χ2n) is 8.22. The number of methoxy groups -OCH3 is 1. The molecule has 1 heterocycles. The van der Waals surface area contributed by atoms with Gasteiger partial charge in [0.15, 0.2) is 5.96 Å². The zero-order valence-electron chi connectivity index (χ0n) is 18.8. The van der Waals surface area contributed by atoms with Gasteiger partial charge in [-0.25, -0.2) is 0 Å². The lowest BCUT2D eigenvalue weighted by Crippen LogP contribution is -2.52. The summed E-state index contributed by atoms with van der Waals surface area (Å²) in [6.07, 6.45) is 5.69. The van der Waals surface area contributed by atoms with E-state index in [1.807, 2.05) is 7.05 Å². The molecule has 1 aliphatic carbocycles. The Morgan fingerprint density at radius 3 is 2.45 bits per heavy atom. The van der Waals surface area contributed by atoms with Crippen LogP contribution in [0.4, 0.5) is 0 Å². The standard InChI is InChI=1S/C21H42N6O2/c1-22-21(23-9-12-25(2)11-6-18-29-3)24-10-13-26-14-16-27(17-15-26)20(28)19-7-4-5-8-19/h19H,4-18H2,1-3H3,(H2,22,23,24). The lowest BCUT2D eigenvalue weighted by Gasteiger charge is -2.36. The number of hydrogen-bond donors (Lipinski definition) is 2. The maximum absolute atomic E-state index is 12.5. The van der Waals surface area contributed by atoms with Crippen LogP contribution in [0.3, 0.4) is 0 Å². The highest BCUT2D eigenvalue weighted by atomic mass is 16.5. The molecule has 1 aliphatic heterocycles. The molecule has 0 spiro atoms. The number of nitrogens with zero attached hydrogens (tertiary/aromatic N) is 4. The van der Waals surface area contributed by atoms with Crippen LogP contribution in [0.1, 0.15) is 32.1 Å². The quantitative estimate of drug-likeness (QED) is 0.293. The highest BCUT2D eigenvalue weighted by Gasteiger charge is 2.29. The Kier molecular flexibility index (Phi) is 11.3. The Bertz CT molecular complexity index is 488. The molecule has 0 aromatic heterocycles. The minimum absolute atomic E-state index is 0.302. The molecule has 2 fully saturated rings. The predicted molar refractivity (Wildman–Crippen MR) is 118 cm³/mol. The van der Waals surface area contributed by atoms with Gasteiger partial charge in [-0.15, -0.1) is 0 Å². The van der Waals surface area contributed by atoms with E-state index in [4.69, 9.17) is 4.74 Å². The number of carbonyl (C=O) groups is 1. The first-order chi connectivity index (χ1) is 14.1. The van der Waals surface area contributed by atoms with E-state index in [1.165, 1.54) is 12.8 Å². The van der Waals surface area contributed by atoms with Gasteiger partial charge in [-0.3, -0.25) is 14.7 Å². The van der Waals surface area contributed by atoms with Gasteiger partial charge in [-0.1, -0.05) is 12.8 Å². The summed E-state index contributed by atoms with van der Waals surface area (Å²) in [5.41, 5.74) is 0. The second kappa shape index (κ2) is 13.8. The van der Waals surface area contributed by atoms with Crippen LogP contribution in [0.25, 0.3) is 0 Å². The number of amides is 1. The molecule has 2 aliphatic rings. The molecule has 0 radical (unpaired) electrons. The van der Waals surface area contributed by atoms with Crippen LogP contribution in [0.15, 0.2) is 4.99 Å².